The monoisotopic (exact) mass is 341 g/mol. The molecule has 23 heavy (non-hydrogen) atoms. The number of benzene rings is 1. The minimum Gasteiger partial charge on any atom is -0.391 e. The number of sulfonamides is 1. The fourth-order valence-electron chi connectivity index (χ4n) is 2.54. The molecule has 2 atom stereocenters. The summed E-state index contributed by atoms with van der Waals surface area (Å²) in [5.41, 5.74) is 0.491. The smallest absolute Gasteiger partial charge is 0.319 e. The lowest BCUT2D eigenvalue weighted by atomic mass is 9.93. The summed E-state index contributed by atoms with van der Waals surface area (Å²) >= 11 is 0. The van der Waals surface area contributed by atoms with Gasteiger partial charge in [-0.3, -0.25) is 0 Å². The standard InChI is InChI=1S/C15H23N3O4S/c1-18(2)23(21,22)12-9-7-11(8-10-12)16-15(20)17-13-5-3-4-6-14(13)19/h7-10,13-14,19H,3-6H2,1-2H3,(H2,16,17,20). The maximum absolute atomic E-state index is 12.0. The number of carbonyl (C=O) groups is 1. The van der Waals surface area contributed by atoms with Crippen molar-refractivity contribution < 1.29 is 18.3 Å². The molecule has 1 aliphatic rings. The van der Waals surface area contributed by atoms with Crippen molar-refractivity contribution in [3.8, 4) is 0 Å². The van der Waals surface area contributed by atoms with Gasteiger partial charge >= 0.3 is 6.03 Å². The molecule has 2 amide bonds. The van der Waals surface area contributed by atoms with Gasteiger partial charge in [0.25, 0.3) is 0 Å². The summed E-state index contributed by atoms with van der Waals surface area (Å²) in [5, 5.41) is 15.2. The van der Waals surface area contributed by atoms with Crippen molar-refractivity contribution in [3.05, 3.63) is 24.3 Å². The van der Waals surface area contributed by atoms with Crippen LogP contribution in [0.1, 0.15) is 25.7 Å². The Hall–Kier alpha value is -1.64. The fraction of sp³-hybridized carbons (Fsp3) is 0.533. The third kappa shape index (κ3) is 4.43. The van der Waals surface area contributed by atoms with E-state index in [-0.39, 0.29) is 10.9 Å². The van der Waals surface area contributed by atoms with E-state index in [2.05, 4.69) is 10.6 Å². The van der Waals surface area contributed by atoms with Crippen molar-refractivity contribution in [3.63, 3.8) is 0 Å². The first-order valence-electron chi connectivity index (χ1n) is 7.59. The van der Waals surface area contributed by atoms with E-state index in [1.54, 1.807) is 0 Å². The maximum atomic E-state index is 12.0. The van der Waals surface area contributed by atoms with Crippen LogP contribution in [0.4, 0.5) is 10.5 Å². The molecule has 0 radical (unpaired) electrons. The van der Waals surface area contributed by atoms with Crippen molar-refractivity contribution in [2.75, 3.05) is 19.4 Å². The number of amides is 2. The van der Waals surface area contributed by atoms with Crippen molar-refractivity contribution in [1.29, 1.82) is 0 Å². The first kappa shape index (κ1) is 17.7. The molecule has 0 spiro atoms. The Balaban J connectivity index is 1.97. The summed E-state index contributed by atoms with van der Waals surface area (Å²) in [6.07, 6.45) is 2.90. The zero-order valence-corrected chi connectivity index (χ0v) is 14.1. The Kier molecular flexibility index (Phi) is 5.61. The van der Waals surface area contributed by atoms with Gasteiger partial charge in [-0.25, -0.2) is 17.5 Å². The van der Waals surface area contributed by atoms with Crippen molar-refractivity contribution >= 4 is 21.7 Å². The molecule has 1 aromatic rings. The van der Waals surface area contributed by atoms with Crippen LogP contribution in [-0.2, 0) is 10.0 Å². The zero-order chi connectivity index (χ0) is 17.0. The number of aliphatic hydroxyl groups is 1. The van der Waals surface area contributed by atoms with Gasteiger partial charge in [0.1, 0.15) is 0 Å². The van der Waals surface area contributed by atoms with Crippen LogP contribution in [0.2, 0.25) is 0 Å². The molecule has 128 valence electrons. The van der Waals surface area contributed by atoms with Crippen LogP contribution >= 0.6 is 0 Å². The number of anilines is 1. The van der Waals surface area contributed by atoms with E-state index in [0.717, 1.165) is 23.6 Å². The number of rotatable bonds is 4. The van der Waals surface area contributed by atoms with Crippen molar-refractivity contribution in [2.45, 2.75) is 42.7 Å². The summed E-state index contributed by atoms with van der Waals surface area (Å²) in [5.74, 6) is 0. The third-order valence-corrected chi connectivity index (χ3v) is 5.77. The van der Waals surface area contributed by atoms with E-state index in [0.29, 0.717) is 12.1 Å². The highest BCUT2D eigenvalue weighted by Crippen LogP contribution is 2.19. The second-order valence-electron chi connectivity index (χ2n) is 5.87. The Morgan fingerprint density at radius 2 is 1.78 bits per heavy atom. The lowest BCUT2D eigenvalue weighted by Crippen LogP contribution is -2.46. The van der Waals surface area contributed by atoms with Gasteiger partial charge in [0.15, 0.2) is 0 Å². The van der Waals surface area contributed by atoms with Gasteiger partial charge in [0, 0.05) is 19.8 Å². The molecular formula is C15H23N3O4S. The zero-order valence-electron chi connectivity index (χ0n) is 13.3. The Morgan fingerprint density at radius 1 is 1.17 bits per heavy atom. The van der Waals surface area contributed by atoms with Crippen LogP contribution in [0.25, 0.3) is 0 Å². The highest BCUT2D eigenvalue weighted by Gasteiger charge is 2.24. The van der Waals surface area contributed by atoms with E-state index in [4.69, 9.17) is 0 Å². The molecule has 8 heteroatoms. The van der Waals surface area contributed by atoms with Gasteiger partial charge in [-0.15, -0.1) is 0 Å². The van der Waals surface area contributed by atoms with Gasteiger partial charge in [0.05, 0.1) is 17.0 Å². The Morgan fingerprint density at radius 3 is 2.35 bits per heavy atom. The first-order chi connectivity index (χ1) is 10.8. The number of nitrogens with one attached hydrogen (secondary N) is 2. The van der Waals surface area contributed by atoms with E-state index in [1.165, 1.54) is 38.4 Å². The highest BCUT2D eigenvalue weighted by molar-refractivity contribution is 7.89. The SMILES string of the molecule is CN(C)S(=O)(=O)c1ccc(NC(=O)NC2CCCCC2O)cc1. The number of carbonyl (C=O) groups excluding carboxylic acids is 1. The molecule has 0 bridgehead atoms. The summed E-state index contributed by atoms with van der Waals surface area (Å²) in [6, 6.07) is 5.32. The average Bonchev–Trinajstić information content (AvgIpc) is 2.50. The molecule has 3 N–H and O–H groups in total. The normalized spacial score (nSPS) is 21.9. The third-order valence-electron chi connectivity index (χ3n) is 3.94. The van der Waals surface area contributed by atoms with Crippen LogP contribution in [0, 0.1) is 0 Å². The Labute approximate surface area is 136 Å². The molecule has 2 unspecified atom stereocenters. The van der Waals surface area contributed by atoms with E-state index in [9.17, 15) is 18.3 Å². The van der Waals surface area contributed by atoms with E-state index >= 15 is 0 Å². The van der Waals surface area contributed by atoms with Crippen LogP contribution in [0.3, 0.4) is 0 Å². The van der Waals surface area contributed by atoms with E-state index < -0.39 is 22.2 Å². The van der Waals surface area contributed by atoms with Gasteiger partial charge < -0.3 is 15.7 Å². The predicted molar refractivity (Wildman–Crippen MR) is 87.7 cm³/mol. The number of hydrogen-bond acceptors (Lipinski definition) is 4. The summed E-state index contributed by atoms with van der Waals surface area (Å²) in [6.45, 7) is 0. The second kappa shape index (κ2) is 7.29. The molecule has 1 fully saturated rings. The number of aliphatic hydroxyl groups excluding tert-OH is 1. The largest absolute Gasteiger partial charge is 0.391 e. The van der Waals surface area contributed by atoms with E-state index in [1.807, 2.05) is 0 Å². The summed E-state index contributed by atoms with van der Waals surface area (Å²) in [4.78, 5) is 12.1. The molecule has 1 saturated carbocycles. The molecule has 7 nitrogen and oxygen atoms in total. The summed E-state index contributed by atoms with van der Waals surface area (Å²) < 4.78 is 25.1. The minimum atomic E-state index is -3.48. The number of urea groups is 1. The molecule has 1 aliphatic carbocycles. The molecule has 0 heterocycles. The molecule has 2 rings (SSSR count). The highest BCUT2D eigenvalue weighted by atomic mass is 32.2. The predicted octanol–water partition coefficient (Wildman–Crippen LogP) is 1.36. The maximum Gasteiger partial charge on any atom is 0.319 e. The van der Waals surface area contributed by atoms with Gasteiger partial charge in [-0.1, -0.05) is 12.8 Å². The molecular weight excluding hydrogens is 318 g/mol. The van der Waals surface area contributed by atoms with Crippen molar-refractivity contribution in [1.82, 2.24) is 9.62 Å². The van der Waals surface area contributed by atoms with Gasteiger partial charge in [-0.2, -0.15) is 0 Å². The molecule has 0 saturated heterocycles. The van der Waals surface area contributed by atoms with Crippen LogP contribution in [0.5, 0.6) is 0 Å². The van der Waals surface area contributed by atoms with Crippen LogP contribution < -0.4 is 10.6 Å². The summed E-state index contributed by atoms with van der Waals surface area (Å²) in [7, 11) is -0.555. The quantitative estimate of drug-likeness (QED) is 0.770. The number of nitrogens with zero attached hydrogens (tertiary/aromatic N) is 1. The Bertz CT molecular complexity index is 643. The van der Waals surface area contributed by atoms with Crippen molar-refractivity contribution in [2.24, 2.45) is 0 Å². The molecule has 0 aromatic heterocycles. The molecule has 1 aromatic carbocycles. The van der Waals surface area contributed by atoms with Crippen LogP contribution in [0.15, 0.2) is 29.2 Å². The minimum absolute atomic E-state index is 0.163. The topological polar surface area (TPSA) is 98.7 Å². The lowest BCUT2D eigenvalue weighted by Gasteiger charge is -2.28. The lowest BCUT2D eigenvalue weighted by molar-refractivity contribution is 0.0955. The average molecular weight is 341 g/mol. The van der Waals surface area contributed by atoms with Gasteiger partial charge in [-0.05, 0) is 37.1 Å². The first-order valence-corrected chi connectivity index (χ1v) is 9.03. The van der Waals surface area contributed by atoms with Crippen LogP contribution in [-0.4, -0.2) is 50.1 Å². The second-order valence-corrected chi connectivity index (χ2v) is 8.02. The fourth-order valence-corrected chi connectivity index (χ4v) is 3.44. The molecule has 0 aliphatic heterocycles. The van der Waals surface area contributed by atoms with Gasteiger partial charge in [0.2, 0.25) is 10.0 Å². The number of hydrogen-bond donors (Lipinski definition) is 3.